The second kappa shape index (κ2) is 3.51. The van der Waals surface area contributed by atoms with Crippen LogP contribution in [0.1, 0.15) is 6.42 Å². The second-order valence-electron chi connectivity index (χ2n) is 2.92. The highest BCUT2D eigenvalue weighted by Gasteiger charge is 2.15. The Morgan fingerprint density at radius 1 is 1.60 bits per heavy atom. The van der Waals surface area contributed by atoms with Crippen molar-refractivity contribution in [1.82, 2.24) is 0 Å². The molecule has 0 heterocycles. The summed E-state index contributed by atoms with van der Waals surface area (Å²) in [5.41, 5.74) is 0. The highest BCUT2D eigenvalue weighted by atomic mass is 19.1. The molecule has 0 aliphatic rings. The Morgan fingerprint density at radius 3 is 2.40 bits per heavy atom. The molecule has 0 rings (SSSR count). The van der Waals surface area contributed by atoms with E-state index in [4.69, 9.17) is 5.11 Å². The molecule has 0 saturated heterocycles. The molecule has 0 saturated carbocycles. The van der Waals surface area contributed by atoms with Crippen molar-refractivity contribution in [3.63, 3.8) is 0 Å². The van der Waals surface area contributed by atoms with E-state index in [1.807, 2.05) is 0 Å². The van der Waals surface area contributed by atoms with Crippen LogP contribution in [-0.2, 0) is 4.79 Å². The van der Waals surface area contributed by atoms with Gasteiger partial charge in [-0.05, 0) is 0 Å². The van der Waals surface area contributed by atoms with Crippen molar-refractivity contribution < 1.29 is 18.8 Å². The molecule has 0 radical (unpaired) electrons. The van der Waals surface area contributed by atoms with Crippen molar-refractivity contribution in [3.05, 3.63) is 0 Å². The monoisotopic (exact) mass is 150 g/mol. The van der Waals surface area contributed by atoms with Crippen LogP contribution in [0.4, 0.5) is 4.39 Å². The summed E-state index contributed by atoms with van der Waals surface area (Å²) in [5.74, 6) is -0.875. The van der Waals surface area contributed by atoms with Gasteiger partial charge in [0, 0.05) is 0 Å². The SMILES string of the molecule is C[N+](C)(CF)CCC(=O)O. The standard InChI is InChI=1S/C6H12FNO2/c1-8(2,5-7)4-3-6(9)10/h3-5H2,1-2H3/p+1. The smallest absolute Gasteiger partial charge is 0.309 e. The molecule has 4 heteroatoms. The van der Waals surface area contributed by atoms with E-state index in [-0.39, 0.29) is 10.9 Å². The van der Waals surface area contributed by atoms with Crippen LogP contribution >= 0.6 is 0 Å². The number of carbonyl (C=O) groups is 1. The van der Waals surface area contributed by atoms with Crippen molar-refractivity contribution in [2.45, 2.75) is 6.42 Å². The van der Waals surface area contributed by atoms with E-state index >= 15 is 0 Å². The number of hydrogen-bond donors (Lipinski definition) is 1. The van der Waals surface area contributed by atoms with Crippen LogP contribution in [0.2, 0.25) is 0 Å². The number of quaternary nitrogens is 1. The highest BCUT2D eigenvalue weighted by molar-refractivity contribution is 5.66. The Morgan fingerprint density at radius 2 is 2.10 bits per heavy atom. The van der Waals surface area contributed by atoms with Gasteiger partial charge in [-0.3, -0.25) is 4.79 Å². The van der Waals surface area contributed by atoms with Gasteiger partial charge >= 0.3 is 5.97 Å². The predicted octanol–water partition coefficient (Wildman–Crippen LogP) is 0.465. The van der Waals surface area contributed by atoms with Crippen molar-refractivity contribution in [1.29, 1.82) is 0 Å². The van der Waals surface area contributed by atoms with E-state index in [9.17, 15) is 9.18 Å². The molecule has 1 N–H and O–H groups in total. The van der Waals surface area contributed by atoms with Gasteiger partial charge in [-0.1, -0.05) is 0 Å². The van der Waals surface area contributed by atoms with Gasteiger partial charge in [0.25, 0.3) is 0 Å². The first-order chi connectivity index (χ1) is 4.48. The maximum Gasteiger partial charge on any atom is 0.309 e. The molecule has 0 spiro atoms. The summed E-state index contributed by atoms with van der Waals surface area (Å²) in [5, 5.41) is 8.24. The van der Waals surface area contributed by atoms with Gasteiger partial charge < -0.3 is 9.59 Å². The van der Waals surface area contributed by atoms with E-state index in [0.717, 1.165) is 0 Å². The maximum absolute atomic E-state index is 12.0. The minimum atomic E-state index is -0.875. The normalized spacial score (nSPS) is 11.5. The van der Waals surface area contributed by atoms with Gasteiger partial charge in [-0.25, -0.2) is 0 Å². The van der Waals surface area contributed by atoms with Crippen molar-refractivity contribution in [3.8, 4) is 0 Å². The molecular weight excluding hydrogens is 137 g/mol. The molecule has 0 atom stereocenters. The van der Waals surface area contributed by atoms with Crippen LogP contribution in [0.3, 0.4) is 0 Å². The van der Waals surface area contributed by atoms with Crippen molar-refractivity contribution >= 4 is 5.97 Å². The molecule has 0 aliphatic heterocycles. The molecular formula is C6H13FNO2+. The van der Waals surface area contributed by atoms with Gasteiger partial charge in [0.15, 0.2) is 0 Å². The van der Waals surface area contributed by atoms with Crippen LogP contribution in [0.25, 0.3) is 0 Å². The number of rotatable bonds is 4. The van der Waals surface area contributed by atoms with E-state index in [2.05, 4.69) is 0 Å². The summed E-state index contributed by atoms with van der Waals surface area (Å²) in [6.45, 7) is -0.181. The Bertz CT molecular complexity index is 125. The molecule has 0 aromatic carbocycles. The lowest BCUT2D eigenvalue weighted by atomic mass is 10.4. The summed E-state index contributed by atoms with van der Waals surface area (Å²) in [4.78, 5) is 10.0. The molecule has 0 aromatic rings. The topological polar surface area (TPSA) is 37.3 Å². The van der Waals surface area contributed by atoms with Crippen LogP contribution in [0, 0.1) is 0 Å². The van der Waals surface area contributed by atoms with Gasteiger partial charge in [0.1, 0.15) is 0 Å². The number of hydrogen-bond acceptors (Lipinski definition) is 1. The highest BCUT2D eigenvalue weighted by Crippen LogP contribution is 1.98. The zero-order valence-corrected chi connectivity index (χ0v) is 6.30. The lowest BCUT2D eigenvalue weighted by Crippen LogP contribution is -2.40. The molecule has 3 nitrogen and oxygen atoms in total. The number of aliphatic carboxylic acids is 1. The van der Waals surface area contributed by atoms with E-state index in [1.54, 1.807) is 14.1 Å². The van der Waals surface area contributed by atoms with E-state index in [1.165, 1.54) is 0 Å². The van der Waals surface area contributed by atoms with Gasteiger partial charge in [0.2, 0.25) is 6.80 Å². The molecule has 0 amide bonds. The van der Waals surface area contributed by atoms with E-state index < -0.39 is 12.8 Å². The average Bonchev–Trinajstić information content (AvgIpc) is 1.85. The molecule has 10 heavy (non-hydrogen) atoms. The zero-order valence-electron chi connectivity index (χ0n) is 6.30. The summed E-state index contributed by atoms with van der Waals surface area (Å²) in [6, 6.07) is 0. The third-order valence-corrected chi connectivity index (χ3v) is 1.25. The number of nitrogens with zero attached hydrogens (tertiary/aromatic N) is 1. The first kappa shape index (κ1) is 9.36. The van der Waals surface area contributed by atoms with Crippen LogP contribution < -0.4 is 0 Å². The van der Waals surface area contributed by atoms with E-state index in [0.29, 0.717) is 6.54 Å². The second-order valence-corrected chi connectivity index (χ2v) is 2.92. The largest absolute Gasteiger partial charge is 0.481 e. The summed E-state index contributed by atoms with van der Waals surface area (Å²) in [6.07, 6.45) is 0.0247. The van der Waals surface area contributed by atoms with Crippen LogP contribution in [0.15, 0.2) is 0 Å². The zero-order chi connectivity index (χ0) is 8.20. The summed E-state index contributed by atoms with van der Waals surface area (Å²) in [7, 11) is 3.31. The van der Waals surface area contributed by atoms with Gasteiger partial charge in [-0.2, -0.15) is 4.39 Å². The summed E-state index contributed by atoms with van der Waals surface area (Å²) < 4.78 is 12.1. The molecule has 0 aliphatic carbocycles. The fourth-order valence-electron chi connectivity index (χ4n) is 0.458. The predicted molar refractivity (Wildman–Crippen MR) is 35.2 cm³/mol. The van der Waals surface area contributed by atoms with Crippen LogP contribution in [0.5, 0.6) is 0 Å². The van der Waals surface area contributed by atoms with Crippen molar-refractivity contribution in [2.24, 2.45) is 0 Å². The average molecular weight is 150 g/mol. The molecule has 60 valence electrons. The third-order valence-electron chi connectivity index (χ3n) is 1.25. The Hall–Kier alpha value is -0.640. The van der Waals surface area contributed by atoms with Gasteiger partial charge in [-0.15, -0.1) is 0 Å². The van der Waals surface area contributed by atoms with Crippen LogP contribution in [-0.4, -0.2) is 43.0 Å². The minimum absolute atomic E-state index is 0.0247. The Kier molecular flexibility index (Phi) is 3.28. The Balaban J connectivity index is 3.56. The minimum Gasteiger partial charge on any atom is -0.481 e. The quantitative estimate of drug-likeness (QED) is 0.467. The Labute approximate surface area is 59.7 Å². The van der Waals surface area contributed by atoms with Crippen molar-refractivity contribution in [2.75, 3.05) is 27.4 Å². The first-order valence-electron chi connectivity index (χ1n) is 3.08. The van der Waals surface area contributed by atoms with Gasteiger partial charge in [0.05, 0.1) is 27.1 Å². The number of halogens is 1. The number of carboxylic acid groups (broad SMARTS) is 1. The molecule has 0 unspecified atom stereocenters. The maximum atomic E-state index is 12.0. The third kappa shape index (κ3) is 4.26. The summed E-state index contributed by atoms with van der Waals surface area (Å²) >= 11 is 0. The molecule has 0 fully saturated rings. The lowest BCUT2D eigenvalue weighted by Gasteiger charge is -2.24. The fourth-order valence-corrected chi connectivity index (χ4v) is 0.458. The number of alkyl halides is 1. The number of carboxylic acids is 1. The first-order valence-corrected chi connectivity index (χ1v) is 3.08. The molecule has 0 bridgehead atoms. The molecule has 0 aromatic heterocycles. The lowest BCUT2D eigenvalue weighted by molar-refractivity contribution is -0.902. The fraction of sp³-hybridized carbons (Fsp3) is 0.833.